The minimum Gasteiger partial charge on any atom is -0.350 e. The maximum absolute atomic E-state index is 12.3. The number of likely N-dealkylation sites (tertiary alicyclic amines) is 1. The fraction of sp³-hybridized carbons (Fsp3) is 0.500. The van der Waals surface area contributed by atoms with E-state index in [0.717, 1.165) is 25.9 Å². The fourth-order valence-electron chi connectivity index (χ4n) is 2.99. The second-order valence-corrected chi connectivity index (χ2v) is 6.83. The summed E-state index contributed by atoms with van der Waals surface area (Å²) in [6.45, 7) is 4.54. The average molecular weight is 318 g/mol. The summed E-state index contributed by atoms with van der Waals surface area (Å²) >= 11 is 1.67. The second-order valence-electron chi connectivity index (χ2n) is 5.80. The highest BCUT2D eigenvalue weighted by molar-refractivity contribution is 7.09. The molecule has 2 aromatic heterocycles. The van der Waals surface area contributed by atoms with Crippen LogP contribution in [0.4, 0.5) is 0 Å². The molecular weight excluding hydrogens is 296 g/mol. The zero-order chi connectivity index (χ0) is 15.4. The Morgan fingerprint density at radius 3 is 2.95 bits per heavy atom. The normalized spacial score (nSPS) is 18.2. The number of rotatable bonds is 5. The largest absolute Gasteiger partial charge is 0.350 e. The summed E-state index contributed by atoms with van der Waals surface area (Å²) in [7, 11) is 0. The van der Waals surface area contributed by atoms with Crippen molar-refractivity contribution in [3.05, 3.63) is 40.3 Å². The van der Waals surface area contributed by atoms with Crippen LogP contribution in [0.5, 0.6) is 0 Å². The smallest absolute Gasteiger partial charge is 0.237 e. The molecule has 22 heavy (non-hydrogen) atoms. The van der Waals surface area contributed by atoms with Crippen LogP contribution in [-0.2, 0) is 11.3 Å². The quantitative estimate of drug-likeness (QED) is 0.889. The lowest BCUT2D eigenvalue weighted by atomic mass is 9.93. The van der Waals surface area contributed by atoms with Gasteiger partial charge in [0.05, 0.1) is 12.6 Å². The van der Waals surface area contributed by atoms with Gasteiger partial charge in [0.2, 0.25) is 5.91 Å². The van der Waals surface area contributed by atoms with Crippen LogP contribution in [0.3, 0.4) is 0 Å². The van der Waals surface area contributed by atoms with Crippen molar-refractivity contribution >= 4 is 17.2 Å². The summed E-state index contributed by atoms with van der Waals surface area (Å²) in [5.41, 5.74) is 1.22. The standard InChI is InChI=1S/C16H22N4OS/c1-12(16(21)17-11-14-3-2-10-22-14)20-8-5-13(6-9-20)15-4-7-18-19-15/h2-4,7,10,12-13H,5-6,8-9,11H2,1H3,(H,17,21)(H,18,19)/t12-/m1/s1. The molecule has 1 amide bonds. The first-order valence-corrected chi connectivity index (χ1v) is 8.65. The molecule has 1 aliphatic rings. The van der Waals surface area contributed by atoms with E-state index in [1.54, 1.807) is 11.3 Å². The molecular formula is C16H22N4OS. The summed E-state index contributed by atoms with van der Waals surface area (Å²) in [6, 6.07) is 6.04. The number of hydrogen-bond donors (Lipinski definition) is 2. The third kappa shape index (κ3) is 3.56. The average Bonchev–Trinajstić information content (AvgIpc) is 3.25. The molecule has 2 aromatic rings. The highest BCUT2D eigenvalue weighted by Crippen LogP contribution is 2.27. The molecule has 3 heterocycles. The lowest BCUT2D eigenvalue weighted by Crippen LogP contribution is -2.47. The molecule has 5 nitrogen and oxygen atoms in total. The first-order chi connectivity index (χ1) is 10.7. The zero-order valence-corrected chi connectivity index (χ0v) is 13.6. The van der Waals surface area contributed by atoms with Crippen molar-refractivity contribution in [3.8, 4) is 0 Å². The molecule has 0 spiro atoms. The molecule has 0 saturated carbocycles. The Labute approximate surface area is 134 Å². The molecule has 118 valence electrons. The lowest BCUT2D eigenvalue weighted by molar-refractivity contribution is -0.126. The van der Waals surface area contributed by atoms with Gasteiger partial charge in [0, 0.05) is 22.7 Å². The Kier molecular flexibility index (Phi) is 4.90. The number of nitrogens with zero attached hydrogens (tertiary/aromatic N) is 2. The number of thiophene rings is 1. The van der Waals surface area contributed by atoms with Crippen molar-refractivity contribution in [2.45, 2.75) is 38.3 Å². The van der Waals surface area contributed by atoms with Crippen LogP contribution < -0.4 is 5.32 Å². The van der Waals surface area contributed by atoms with Gasteiger partial charge in [0.1, 0.15) is 0 Å². The molecule has 0 radical (unpaired) electrons. The molecule has 1 saturated heterocycles. The van der Waals surface area contributed by atoms with Crippen LogP contribution in [0.25, 0.3) is 0 Å². The van der Waals surface area contributed by atoms with E-state index >= 15 is 0 Å². The summed E-state index contributed by atoms with van der Waals surface area (Å²) in [6.07, 6.45) is 3.96. The second kappa shape index (κ2) is 7.07. The topological polar surface area (TPSA) is 61.0 Å². The molecule has 1 fully saturated rings. The Balaban J connectivity index is 1.46. The Morgan fingerprint density at radius 2 is 2.32 bits per heavy atom. The minimum atomic E-state index is -0.0670. The molecule has 2 N–H and O–H groups in total. The zero-order valence-electron chi connectivity index (χ0n) is 12.8. The third-order valence-electron chi connectivity index (χ3n) is 4.44. The van der Waals surface area contributed by atoms with Crippen molar-refractivity contribution < 1.29 is 4.79 Å². The van der Waals surface area contributed by atoms with Crippen LogP contribution in [0, 0.1) is 0 Å². The highest BCUT2D eigenvalue weighted by atomic mass is 32.1. The molecule has 0 aliphatic carbocycles. The number of carbonyl (C=O) groups is 1. The van der Waals surface area contributed by atoms with Crippen LogP contribution in [0.1, 0.15) is 36.3 Å². The summed E-state index contributed by atoms with van der Waals surface area (Å²) in [5.74, 6) is 0.661. The number of aromatic amines is 1. The van der Waals surface area contributed by atoms with Crippen molar-refractivity contribution in [2.24, 2.45) is 0 Å². The van der Waals surface area contributed by atoms with Crippen LogP contribution in [-0.4, -0.2) is 40.1 Å². The van der Waals surface area contributed by atoms with Gasteiger partial charge in [0.15, 0.2) is 0 Å². The van der Waals surface area contributed by atoms with E-state index < -0.39 is 0 Å². The summed E-state index contributed by atoms with van der Waals surface area (Å²) in [4.78, 5) is 15.8. The molecule has 0 aromatic carbocycles. The first-order valence-electron chi connectivity index (χ1n) is 7.77. The van der Waals surface area contributed by atoms with E-state index in [1.165, 1.54) is 10.6 Å². The van der Waals surface area contributed by atoms with E-state index in [2.05, 4.69) is 26.5 Å². The van der Waals surface area contributed by atoms with Crippen molar-refractivity contribution in [1.82, 2.24) is 20.4 Å². The van der Waals surface area contributed by atoms with Gasteiger partial charge in [-0.15, -0.1) is 11.3 Å². The van der Waals surface area contributed by atoms with Gasteiger partial charge in [-0.3, -0.25) is 14.8 Å². The van der Waals surface area contributed by atoms with Gasteiger partial charge in [-0.2, -0.15) is 5.10 Å². The van der Waals surface area contributed by atoms with Crippen molar-refractivity contribution in [2.75, 3.05) is 13.1 Å². The first kappa shape index (κ1) is 15.2. The molecule has 0 bridgehead atoms. The monoisotopic (exact) mass is 318 g/mol. The van der Waals surface area contributed by atoms with Gasteiger partial charge < -0.3 is 5.32 Å². The summed E-state index contributed by atoms with van der Waals surface area (Å²) < 4.78 is 0. The van der Waals surface area contributed by atoms with Crippen LogP contribution in [0.2, 0.25) is 0 Å². The van der Waals surface area contributed by atoms with Gasteiger partial charge in [-0.25, -0.2) is 0 Å². The van der Waals surface area contributed by atoms with Crippen molar-refractivity contribution in [3.63, 3.8) is 0 Å². The lowest BCUT2D eigenvalue weighted by Gasteiger charge is -2.34. The van der Waals surface area contributed by atoms with Crippen LogP contribution >= 0.6 is 11.3 Å². The Morgan fingerprint density at radius 1 is 1.50 bits per heavy atom. The molecule has 1 atom stereocenters. The van der Waals surface area contributed by atoms with E-state index in [1.807, 2.05) is 30.6 Å². The fourth-order valence-corrected chi connectivity index (χ4v) is 3.64. The maximum atomic E-state index is 12.3. The van der Waals surface area contributed by atoms with Gasteiger partial charge >= 0.3 is 0 Å². The summed E-state index contributed by atoms with van der Waals surface area (Å²) in [5, 5.41) is 12.2. The van der Waals surface area contributed by atoms with Gasteiger partial charge in [-0.1, -0.05) is 6.07 Å². The van der Waals surface area contributed by atoms with E-state index in [0.29, 0.717) is 12.5 Å². The minimum absolute atomic E-state index is 0.0670. The predicted molar refractivity (Wildman–Crippen MR) is 87.8 cm³/mol. The van der Waals surface area contributed by atoms with E-state index in [9.17, 15) is 4.79 Å². The number of piperidine rings is 1. The van der Waals surface area contributed by atoms with Gasteiger partial charge in [-0.05, 0) is 50.4 Å². The Hall–Kier alpha value is -1.66. The number of amides is 1. The number of hydrogen-bond acceptors (Lipinski definition) is 4. The van der Waals surface area contributed by atoms with Crippen LogP contribution in [0.15, 0.2) is 29.8 Å². The van der Waals surface area contributed by atoms with Gasteiger partial charge in [0.25, 0.3) is 0 Å². The highest BCUT2D eigenvalue weighted by Gasteiger charge is 2.27. The number of nitrogens with one attached hydrogen (secondary N) is 2. The number of aromatic nitrogens is 2. The van der Waals surface area contributed by atoms with E-state index in [4.69, 9.17) is 0 Å². The molecule has 0 unspecified atom stereocenters. The molecule has 3 rings (SSSR count). The van der Waals surface area contributed by atoms with E-state index in [-0.39, 0.29) is 11.9 Å². The third-order valence-corrected chi connectivity index (χ3v) is 5.31. The maximum Gasteiger partial charge on any atom is 0.237 e. The molecule has 1 aliphatic heterocycles. The predicted octanol–water partition coefficient (Wildman–Crippen LogP) is 2.36. The molecule has 6 heteroatoms. The SMILES string of the molecule is C[C@H](C(=O)NCc1cccs1)N1CCC(c2ccn[nH]2)CC1. The number of carbonyl (C=O) groups excluding carboxylic acids is 1. The number of H-pyrrole nitrogens is 1. The van der Waals surface area contributed by atoms with Crippen molar-refractivity contribution in [1.29, 1.82) is 0 Å². The Bertz CT molecular complexity index is 573.